The number of aliphatic hydroxyl groups is 1. The van der Waals surface area contributed by atoms with E-state index in [1.807, 2.05) is 36.4 Å². The van der Waals surface area contributed by atoms with Gasteiger partial charge in [0.2, 0.25) is 23.6 Å². The summed E-state index contributed by atoms with van der Waals surface area (Å²) in [6.45, 7) is 1.53. The van der Waals surface area contributed by atoms with Gasteiger partial charge >= 0.3 is 0 Å². The zero-order chi connectivity index (χ0) is 30.2. The number of anilines is 1. The number of imide groups is 2. The van der Waals surface area contributed by atoms with Crippen LogP contribution in [0.2, 0.25) is 5.02 Å². The molecule has 4 aliphatic rings. The van der Waals surface area contributed by atoms with Crippen LogP contribution in [0.15, 0.2) is 76.7 Å². The van der Waals surface area contributed by atoms with Crippen LogP contribution in [0, 0.1) is 34.9 Å². The molecule has 8 nitrogen and oxygen atoms in total. The summed E-state index contributed by atoms with van der Waals surface area (Å²) in [6.07, 6.45) is 2.43. The van der Waals surface area contributed by atoms with Crippen molar-refractivity contribution in [3.63, 3.8) is 0 Å². The first-order valence-electron chi connectivity index (χ1n) is 14.3. The lowest BCUT2D eigenvalue weighted by Crippen LogP contribution is -2.48. The van der Waals surface area contributed by atoms with Crippen LogP contribution in [0.4, 0.5) is 10.1 Å². The Balaban J connectivity index is 1.32. The van der Waals surface area contributed by atoms with Gasteiger partial charge in [-0.3, -0.25) is 24.1 Å². The van der Waals surface area contributed by atoms with Gasteiger partial charge in [-0.25, -0.2) is 9.29 Å². The fraction of sp³-hybridized carbons (Fsp3) is 0.333. The molecule has 6 atom stereocenters. The number of likely N-dealkylation sites (tertiary alicyclic amines) is 1. The number of hydrogen-bond donors (Lipinski definition) is 1. The Morgan fingerprint density at radius 3 is 2.47 bits per heavy atom. The summed E-state index contributed by atoms with van der Waals surface area (Å²) < 4.78 is 20.0. The van der Waals surface area contributed by atoms with E-state index in [1.165, 1.54) is 17.0 Å². The predicted octanol–water partition coefficient (Wildman–Crippen LogP) is 5.00. The lowest BCUT2D eigenvalue weighted by atomic mass is 9.52. The quantitative estimate of drug-likeness (QED) is 0.325. The maximum Gasteiger partial charge on any atom is 0.241 e. The topological polar surface area (TPSA) is 108 Å². The van der Waals surface area contributed by atoms with E-state index in [2.05, 4.69) is 0 Å². The average molecular weight is 603 g/mol. The number of carbonyl (C=O) groups is 4. The number of halogens is 2. The molecule has 1 N–H and O–H groups in total. The second-order valence-corrected chi connectivity index (χ2v) is 12.4. The first kappa shape index (κ1) is 27.7. The maximum absolute atomic E-state index is 14.3. The lowest BCUT2D eigenvalue weighted by Gasteiger charge is -2.48. The Morgan fingerprint density at radius 1 is 1.00 bits per heavy atom. The fourth-order valence-corrected chi connectivity index (χ4v) is 7.98. The third-order valence-electron chi connectivity index (χ3n) is 9.83. The predicted molar refractivity (Wildman–Crippen MR) is 153 cm³/mol. The van der Waals surface area contributed by atoms with Crippen LogP contribution in [-0.4, -0.2) is 33.6 Å². The van der Waals surface area contributed by atoms with E-state index in [0.717, 1.165) is 22.1 Å². The van der Waals surface area contributed by atoms with Gasteiger partial charge in [0.15, 0.2) is 0 Å². The normalized spacial score (nSPS) is 30.0. The number of furan rings is 1. The third-order valence-corrected chi connectivity index (χ3v) is 10.1. The van der Waals surface area contributed by atoms with Crippen LogP contribution in [0.25, 0.3) is 0 Å². The highest BCUT2D eigenvalue weighted by Crippen LogP contribution is 2.63. The molecular formula is C33H28ClFN2O6. The Labute approximate surface area is 251 Å². The molecule has 7 rings (SSSR count). The molecule has 0 bridgehead atoms. The second-order valence-electron chi connectivity index (χ2n) is 12.0. The van der Waals surface area contributed by atoms with Gasteiger partial charge < -0.3 is 9.52 Å². The average Bonchev–Trinajstić information content (AvgIpc) is 3.63. The number of fused-ring (bicyclic) bond motifs is 4. The van der Waals surface area contributed by atoms with Gasteiger partial charge in [-0.2, -0.15) is 0 Å². The molecule has 4 amide bonds. The van der Waals surface area contributed by atoms with Crippen LogP contribution < -0.4 is 4.90 Å². The van der Waals surface area contributed by atoms with E-state index in [1.54, 1.807) is 19.1 Å². The van der Waals surface area contributed by atoms with Crippen molar-refractivity contribution < 1.29 is 33.1 Å². The highest BCUT2D eigenvalue weighted by Gasteiger charge is 2.68. The van der Waals surface area contributed by atoms with Gasteiger partial charge in [-0.05, 0) is 61.6 Å². The van der Waals surface area contributed by atoms with Crippen molar-refractivity contribution in [2.24, 2.45) is 29.1 Å². The van der Waals surface area contributed by atoms with Crippen molar-refractivity contribution in [3.8, 4) is 0 Å². The van der Waals surface area contributed by atoms with Crippen molar-refractivity contribution in [1.29, 1.82) is 0 Å². The van der Waals surface area contributed by atoms with E-state index >= 15 is 0 Å². The first-order valence-corrected chi connectivity index (χ1v) is 14.6. The molecule has 3 aromatic rings. The zero-order valence-corrected chi connectivity index (χ0v) is 24.0. The second kappa shape index (κ2) is 9.99. The summed E-state index contributed by atoms with van der Waals surface area (Å²) in [7, 11) is 0. The number of carbonyl (C=O) groups excluding carboxylic acids is 4. The van der Waals surface area contributed by atoms with E-state index in [-0.39, 0.29) is 42.1 Å². The number of allylic oxidation sites excluding steroid dienone is 2. The minimum atomic E-state index is -1.31. The molecule has 10 heteroatoms. The summed E-state index contributed by atoms with van der Waals surface area (Å²) in [5.41, 5.74) is 0.457. The summed E-state index contributed by atoms with van der Waals surface area (Å²) in [5, 5.41) is 9.51. The van der Waals surface area contributed by atoms with Crippen molar-refractivity contribution >= 4 is 40.9 Å². The Kier molecular flexibility index (Phi) is 6.45. The molecule has 3 heterocycles. The highest BCUT2D eigenvalue weighted by molar-refractivity contribution is 6.31. The van der Waals surface area contributed by atoms with Crippen molar-refractivity contribution in [3.05, 3.63) is 100 Å². The van der Waals surface area contributed by atoms with E-state index < -0.39 is 52.6 Å². The Bertz CT molecular complexity index is 1720. The number of rotatable bonds is 5. The molecule has 0 spiro atoms. The van der Waals surface area contributed by atoms with Crippen LogP contribution in [0.1, 0.15) is 42.8 Å². The summed E-state index contributed by atoms with van der Waals surface area (Å²) in [6, 6.07) is 16.3. The molecule has 2 saturated heterocycles. The number of aliphatic hydroxyl groups excluding tert-OH is 1. The highest BCUT2D eigenvalue weighted by atomic mass is 35.5. The minimum absolute atomic E-state index is 0.155. The molecule has 220 valence electrons. The number of benzene rings is 2. The molecule has 2 aliphatic heterocycles. The lowest BCUT2D eigenvalue weighted by molar-refractivity contribution is -0.141. The number of nitrogens with zero attached hydrogens (tertiary/aromatic N) is 2. The molecule has 2 aromatic carbocycles. The van der Waals surface area contributed by atoms with Gasteiger partial charge in [0.1, 0.15) is 23.9 Å². The monoisotopic (exact) mass is 602 g/mol. The van der Waals surface area contributed by atoms with Crippen LogP contribution in [0.5, 0.6) is 0 Å². The molecular weight excluding hydrogens is 575 g/mol. The third kappa shape index (κ3) is 3.98. The van der Waals surface area contributed by atoms with Gasteiger partial charge in [-0.1, -0.05) is 53.6 Å². The molecule has 0 radical (unpaired) electrons. The van der Waals surface area contributed by atoms with Crippen LogP contribution >= 0.6 is 11.6 Å². The van der Waals surface area contributed by atoms with Crippen LogP contribution in [-0.2, 0) is 32.3 Å². The molecule has 2 aliphatic carbocycles. The number of hydrogen-bond acceptors (Lipinski definition) is 6. The Hall–Kier alpha value is -4.08. The van der Waals surface area contributed by atoms with Gasteiger partial charge in [0, 0.05) is 0 Å². The van der Waals surface area contributed by atoms with Crippen molar-refractivity contribution in [2.75, 3.05) is 4.90 Å². The SMILES string of the molecule is C[C@@]12C(=O)N(c3ccc(F)c(Cl)c3)C(=O)[C@@H]1C[C@@H]1C(=CC[C@@H]3C(=O)N(Cc4ccccc4)C(=O)[C@@H]31)[C@@H]2c1ccc(CO)o1. The van der Waals surface area contributed by atoms with Crippen molar-refractivity contribution in [2.45, 2.75) is 38.8 Å². The molecule has 0 unspecified atom stereocenters. The van der Waals surface area contributed by atoms with Gasteiger partial charge in [0.25, 0.3) is 0 Å². The molecule has 3 fully saturated rings. The maximum atomic E-state index is 14.3. The fourth-order valence-electron chi connectivity index (χ4n) is 7.81. The smallest absolute Gasteiger partial charge is 0.241 e. The first-order chi connectivity index (χ1) is 20.6. The number of amides is 4. The van der Waals surface area contributed by atoms with Gasteiger partial charge in [0.05, 0.1) is 46.3 Å². The van der Waals surface area contributed by atoms with Crippen molar-refractivity contribution in [1.82, 2.24) is 4.90 Å². The Morgan fingerprint density at radius 2 is 1.77 bits per heavy atom. The minimum Gasteiger partial charge on any atom is -0.463 e. The molecule has 1 aromatic heterocycles. The van der Waals surface area contributed by atoms with E-state index in [0.29, 0.717) is 17.9 Å². The van der Waals surface area contributed by atoms with E-state index in [9.17, 15) is 28.7 Å². The largest absolute Gasteiger partial charge is 0.463 e. The summed E-state index contributed by atoms with van der Waals surface area (Å²) in [5.74, 6) is -4.82. The molecule has 43 heavy (non-hydrogen) atoms. The van der Waals surface area contributed by atoms with Gasteiger partial charge in [-0.15, -0.1) is 0 Å². The van der Waals surface area contributed by atoms with Crippen LogP contribution in [0.3, 0.4) is 0 Å². The standard InChI is InChI=1S/C33H28ClFN2O6/c1-33-23(30(40)37(32(33)42)18-7-11-25(35)24(34)13-18)14-22-20(28(33)26-12-8-19(16-38)43-26)9-10-21-27(22)31(41)36(29(21)39)15-17-5-3-2-4-6-17/h2-9,11-13,21-23,27-28,38H,10,14-16H2,1H3/t21-,22+,23-,27-,28+,33+/m0/s1. The summed E-state index contributed by atoms with van der Waals surface area (Å²) in [4.78, 5) is 58.4. The molecule has 1 saturated carbocycles. The summed E-state index contributed by atoms with van der Waals surface area (Å²) >= 11 is 6.03. The van der Waals surface area contributed by atoms with E-state index in [4.69, 9.17) is 16.0 Å². The zero-order valence-electron chi connectivity index (χ0n) is 23.2.